The number of esters is 1. The SMILES string of the molecule is CC(C)CCNCCOC(=O)COc1ccccc1. The van der Waals surface area contributed by atoms with Gasteiger partial charge >= 0.3 is 5.97 Å². The normalized spacial score (nSPS) is 10.5. The van der Waals surface area contributed by atoms with E-state index < -0.39 is 0 Å². The summed E-state index contributed by atoms with van der Waals surface area (Å²) in [5.41, 5.74) is 0. The second-order valence-corrected chi connectivity index (χ2v) is 4.75. The van der Waals surface area contributed by atoms with Crippen LogP contribution < -0.4 is 10.1 Å². The van der Waals surface area contributed by atoms with Crippen molar-refractivity contribution in [2.45, 2.75) is 20.3 Å². The third-order valence-electron chi connectivity index (χ3n) is 2.54. The van der Waals surface area contributed by atoms with E-state index >= 15 is 0 Å². The van der Waals surface area contributed by atoms with E-state index in [0.717, 1.165) is 13.0 Å². The predicted octanol–water partition coefficient (Wildman–Crippen LogP) is 2.24. The van der Waals surface area contributed by atoms with E-state index in [1.807, 2.05) is 18.2 Å². The molecule has 0 radical (unpaired) electrons. The molecule has 0 aliphatic rings. The molecule has 1 aromatic carbocycles. The van der Waals surface area contributed by atoms with E-state index in [-0.39, 0.29) is 12.6 Å². The predicted molar refractivity (Wildman–Crippen MR) is 75.2 cm³/mol. The zero-order valence-corrected chi connectivity index (χ0v) is 11.7. The Morgan fingerprint density at radius 3 is 2.63 bits per heavy atom. The van der Waals surface area contributed by atoms with Crippen LogP contribution in [0.4, 0.5) is 0 Å². The molecular weight excluding hydrogens is 242 g/mol. The Bertz CT molecular complexity index is 352. The van der Waals surface area contributed by atoms with E-state index in [4.69, 9.17) is 9.47 Å². The Hall–Kier alpha value is -1.55. The first-order valence-electron chi connectivity index (χ1n) is 6.72. The lowest BCUT2D eigenvalue weighted by molar-refractivity contribution is -0.145. The van der Waals surface area contributed by atoms with Crippen LogP contribution in [-0.2, 0) is 9.53 Å². The van der Waals surface area contributed by atoms with Gasteiger partial charge in [0.2, 0.25) is 0 Å². The van der Waals surface area contributed by atoms with E-state index in [1.54, 1.807) is 12.1 Å². The van der Waals surface area contributed by atoms with Gasteiger partial charge in [-0.05, 0) is 31.0 Å². The van der Waals surface area contributed by atoms with Crippen molar-refractivity contribution < 1.29 is 14.3 Å². The average molecular weight is 265 g/mol. The van der Waals surface area contributed by atoms with Crippen LogP contribution in [0, 0.1) is 5.92 Å². The number of nitrogens with one attached hydrogen (secondary N) is 1. The summed E-state index contributed by atoms with van der Waals surface area (Å²) in [4.78, 5) is 11.4. The minimum Gasteiger partial charge on any atom is -0.482 e. The molecule has 1 aromatic rings. The third-order valence-corrected chi connectivity index (χ3v) is 2.54. The molecule has 0 heterocycles. The molecule has 0 spiro atoms. The van der Waals surface area contributed by atoms with Crippen LogP contribution in [0.3, 0.4) is 0 Å². The number of para-hydroxylation sites is 1. The van der Waals surface area contributed by atoms with Gasteiger partial charge in [-0.3, -0.25) is 0 Å². The molecule has 0 atom stereocenters. The Labute approximate surface area is 115 Å². The maximum absolute atomic E-state index is 11.4. The van der Waals surface area contributed by atoms with Crippen molar-refractivity contribution in [3.8, 4) is 5.75 Å². The van der Waals surface area contributed by atoms with Crippen molar-refractivity contribution in [1.29, 1.82) is 0 Å². The van der Waals surface area contributed by atoms with Gasteiger partial charge in [0.15, 0.2) is 6.61 Å². The van der Waals surface area contributed by atoms with Crippen LogP contribution in [0.2, 0.25) is 0 Å². The van der Waals surface area contributed by atoms with Gasteiger partial charge in [0.1, 0.15) is 12.4 Å². The Kier molecular flexibility index (Phi) is 7.66. The lowest BCUT2D eigenvalue weighted by Crippen LogP contribution is -2.24. The summed E-state index contributed by atoms with van der Waals surface area (Å²) < 4.78 is 10.3. The van der Waals surface area contributed by atoms with Crippen LogP contribution in [0.1, 0.15) is 20.3 Å². The quantitative estimate of drug-likeness (QED) is 0.549. The molecule has 1 N–H and O–H groups in total. The maximum atomic E-state index is 11.4. The first-order chi connectivity index (χ1) is 9.18. The minimum absolute atomic E-state index is 0.0456. The second-order valence-electron chi connectivity index (χ2n) is 4.75. The summed E-state index contributed by atoms with van der Waals surface area (Å²) in [6, 6.07) is 9.23. The lowest BCUT2D eigenvalue weighted by atomic mass is 10.1. The summed E-state index contributed by atoms with van der Waals surface area (Å²) in [6.07, 6.45) is 1.13. The third kappa shape index (κ3) is 8.21. The fourth-order valence-electron chi connectivity index (χ4n) is 1.45. The van der Waals surface area contributed by atoms with Gasteiger partial charge in [-0.15, -0.1) is 0 Å². The summed E-state index contributed by atoms with van der Waals surface area (Å²) in [7, 11) is 0. The van der Waals surface area contributed by atoms with Crippen molar-refractivity contribution in [3.63, 3.8) is 0 Å². The molecule has 0 aliphatic heterocycles. The van der Waals surface area contributed by atoms with Gasteiger partial charge in [-0.2, -0.15) is 0 Å². The van der Waals surface area contributed by atoms with Crippen LogP contribution >= 0.6 is 0 Å². The topological polar surface area (TPSA) is 47.6 Å². The highest BCUT2D eigenvalue weighted by Gasteiger charge is 2.03. The molecule has 0 saturated heterocycles. The molecule has 0 bridgehead atoms. The maximum Gasteiger partial charge on any atom is 0.344 e. The Balaban J connectivity index is 1.99. The number of carbonyl (C=O) groups excluding carboxylic acids is 1. The molecular formula is C15H23NO3. The summed E-state index contributed by atoms with van der Waals surface area (Å²) in [6.45, 7) is 6.34. The van der Waals surface area contributed by atoms with E-state index in [9.17, 15) is 4.79 Å². The van der Waals surface area contributed by atoms with Gasteiger partial charge in [0.25, 0.3) is 0 Å². The second kappa shape index (κ2) is 9.39. The van der Waals surface area contributed by atoms with Crippen LogP contribution in [0.25, 0.3) is 0 Å². The fourth-order valence-corrected chi connectivity index (χ4v) is 1.45. The zero-order valence-electron chi connectivity index (χ0n) is 11.7. The summed E-state index contributed by atoms with van der Waals surface area (Å²) in [5, 5.41) is 3.23. The number of rotatable bonds is 9. The average Bonchev–Trinajstić information content (AvgIpc) is 2.41. The molecule has 0 aliphatic carbocycles. The molecule has 106 valence electrons. The highest BCUT2D eigenvalue weighted by Crippen LogP contribution is 2.07. The van der Waals surface area contributed by atoms with Gasteiger partial charge in [-0.1, -0.05) is 32.0 Å². The van der Waals surface area contributed by atoms with Crippen molar-refractivity contribution in [1.82, 2.24) is 5.32 Å². The number of carbonyl (C=O) groups is 1. The molecule has 19 heavy (non-hydrogen) atoms. The number of hydrogen-bond acceptors (Lipinski definition) is 4. The highest BCUT2D eigenvalue weighted by molar-refractivity contribution is 5.71. The van der Waals surface area contributed by atoms with Crippen LogP contribution in [-0.4, -0.2) is 32.3 Å². The molecule has 0 amide bonds. The summed E-state index contributed by atoms with van der Waals surface area (Å²) >= 11 is 0. The largest absolute Gasteiger partial charge is 0.482 e. The zero-order chi connectivity index (χ0) is 13.9. The van der Waals surface area contributed by atoms with Crippen molar-refractivity contribution >= 4 is 5.97 Å². The first kappa shape index (κ1) is 15.5. The molecule has 0 unspecified atom stereocenters. The van der Waals surface area contributed by atoms with E-state index in [1.165, 1.54) is 0 Å². The highest BCUT2D eigenvalue weighted by atomic mass is 16.6. The van der Waals surface area contributed by atoms with Crippen molar-refractivity contribution in [2.24, 2.45) is 5.92 Å². The molecule has 1 rings (SSSR count). The summed E-state index contributed by atoms with van der Waals surface area (Å²) in [5.74, 6) is 1.03. The fraction of sp³-hybridized carbons (Fsp3) is 0.533. The standard InChI is InChI=1S/C15H23NO3/c1-13(2)8-9-16-10-11-18-15(17)12-19-14-6-4-3-5-7-14/h3-7,13,16H,8-12H2,1-2H3. The molecule has 0 saturated carbocycles. The monoisotopic (exact) mass is 265 g/mol. The van der Waals surface area contributed by atoms with Crippen LogP contribution in [0.15, 0.2) is 30.3 Å². The van der Waals surface area contributed by atoms with E-state index in [2.05, 4.69) is 19.2 Å². The molecule has 0 aromatic heterocycles. The van der Waals surface area contributed by atoms with Gasteiger partial charge in [-0.25, -0.2) is 4.79 Å². The van der Waals surface area contributed by atoms with Gasteiger partial charge < -0.3 is 14.8 Å². The lowest BCUT2D eigenvalue weighted by Gasteiger charge is -2.08. The number of benzene rings is 1. The molecule has 0 fully saturated rings. The van der Waals surface area contributed by atoms with Crippen molar-refractivity contribution in [2.75, 3.05) is 26.3 Å². The molecule has 4 nitrogen and oxygen atoms in total. The smallest absolute Gasteiger partial charge is 0.344 e. The van der Waals surface area contributed by atoms with Crippen molar-refractivity contribution in [3.05, 3.63) is 30.3 Å². The van der Waals surface area contributed by atoms with Gasteiger partial charge in [0, 0.05) is 6.54 Å². The minimum atomic E-state index is -0.338. The Morgan fingerprint density at radius 2 is 1.95 bits per heavy atom. The molecule has 4 heteroatoms. The number of ether oxygens (including phenoxy) is 2. The van der Waals surface area contributed by atoms with Gasteiger partial charge in [0.05, 0.1) is 0 Å². The van der Waals surface area contributed by atoms with Crippen LogP contribution in [0.5, 0.6) is 5.75 Å². The number of hydrogen-bond donors (Lipinski definition) is 1. The first-order valence-corrected chi connectivity index (χ1v) is 6.72. The van der Waals surface area contributed by atoms with E-state index in [0.29, 0.717) is 24.8 Å². The Morgan fingerprint density at radius 1 is 1.21 bits per heavy atom.